The molecule has 0 fully saturated rings. The van der Waals surface area contributed by atoms with Gasteiger partial charge < -0.3 is 9.15 Å². The fraction of sp³-hybridized carbons (Fsp3) is 0.217. The summed E-state index contributed by atoms with van der Waals surface area (Å²) in [5, 5.41) is 0.415. The molecular formula is C23H21FN2O5S2. The number of anilines is 1. The predicted octanol–water partition coefficient (Wildman–Crippen LogP) is 4.74. The largest absolute Gasteiger partial charge is 0.494 e. The van der Waals surface area contributed by atoms with Crippen molar-refractivity contribution < 1.29 is 26.8 Å². The van der Waals surface area contributed by atoms with Gasteiger partial charge in [0.1, 0.15) is 22.8 Å². The zero-order valence-electron chi connectivity index (χ0n) is 17.9. The number of rotatable bonds is 8. The average Bonchev–Trinajstić information content (AvgIpc) is 3.47. The maximum Gasteiger partial charge on any atom is 0.230 e. The third-order valence-electron chi connectivity index (χ3n) is 5.10. The van der Waals surface area contributed by atoms with Crippen molar-refractivity contribution in [3.8, 4) is 5.75 Å². The normalized spacial score (nSPS) is 11.6. The fourth-order valence-electron chi connectivity index (χ4n) is 3.32. The van der Waals surface area contributed by atoms with Gasteiger partial charge in [0.25, 0.3) is 0 Å². The highest BCUT2D eigenvalue weighted by molar-refractivity contribution is 7.91. The number of hydrogen-bond acceptors (Lipinski definition) is 7. The van der Waals surface area contributed by atoms with Gasteiger partial charge in [-0.15, -0.1) is 0 Å². The number of carbonyl (C=O) groups is 1. The van der Waals surface area contributed by atoms with Crippen LogP contribution in [0.4, 0.5) is 9.52 Å². The van der Waals surface area contributed by atoms with Crippen LogP contribution in [0.2, 0.25) is 0 Å². The van der Waals surface area contributed by atoms with Gasteiger partial charge in [0.05, 0.1) is 35.3 Å². The van der Waals surface area contributed by atoms with E-state index in [2.05, 4.69) is 4.98 Å². The van der Waals surface area contributed by atoms with Gasteiger partial charge in [0, 0.05) is 6.42 Å². The number of sulfone groups is 1. The Morgan fingerprint density at radius 2 is 1.94 bits per heavy atom. The number of hydrogen-bond donors (Lipinski definition) is 0. The maximum atomic E-state index is 13.2. The zero-order chi connectivity index (χ0) is 23.6. The van der Waals surface area contributed by atoms with Crippen molar-refractivity contribution in [3.63, 3.8) is 0 Å². The second-order valence-corrected chi connectivity index (χ2v) is 10.4. The first-order valence-electron chi connectivity index (χ1n) is 10.0. The van der Waals surface area contributed by atoms with Crippen LogP contribution >= 0.6 is 11.3 Å². The van der Waals surface area contributed by atoms with E-state index in [9.17, 15) is 17.6 Å². The average molecular weight is 489 g/mol. The van der Waals surface area contributed by atoms with E-state index >= 15 is 0 Å². The van der Waals surface area contributed by atoms with E-state index in [0.29, 0.717) is 22.2 Å². The predicted molar refractivity (Wildman–Crippen MR) is 124 cm³/mol. The monoisotopic (exact) mass is 488 g/mol. The molecule has 10 heteroatoms. The molecule has 0 bridgehead atoms. The van der Waals surface area contributed by atoms with E-state index < -0.39 is 27.3 Å². The number of halogens is 1. The summed E-state index contributed by atoms with van der Waals surface area (Å²) in [5.41, 5.74) is 1.62. The molecule has 33 heavy (non-hydrogen) atoms. The lowest BCUT2D eigenvalue weighted by atomic mass is 10.2. The summed E-state index contributed by atoms with van der Waals surface area (Å²) in [6.45, 7) is 2.04. The fourth-order valence-corrected chi connectivity index (χ4v) is 5.61. The molecule has 0 saturated carbocycles. The molecule has 0 aliphatic rings. The number of methoxy groups -OCH3 is 1. The molecule has 0 unspecified atom stereocenters. The van der Waals surface area contributed by atoms with E-state index in [0.717, 1.165) is 22.4 Å². The third-order valence-corrected chi connectivity index (χ3v) is 8.04. The molecule has 0 aliphatic heterocycles. The standard InChI is InChI=1S/C23H21FN2O5S2/c1-15-5-10-19(30-2)21-22(15)32-23(25-21)26(14-17-4-3-12-31-17)20(27)11-13-33(28,29)18-8-6-16(24)7-9-18/h3-10,12H,11,13-14H2,1-2H3. The summed E-state index contributed by atoms with van der Waals surface area (Å²) in [7, 11) is -2.22. The Bertz CT molecular complexity index is 1380. The zero-order valence-corrected chi connectivity index (χ0v) is 19.6. The van der Waals surface area contributed by atoms with E-state index in [-0.39, 0.29) is 17.9 Å². The molecule has 2 aromatic heterocycles. The van der Waals surface area contributed by atoms with Crippen LogP contribution in [0.25, 0.3) is 10.2 Å². The molecule has 0 aliphatic carbocycles. The lowest BCUT2D eigenvalue weighted by Crippen LogP contribution is -2.31. The number of benzene rings is 2. The molecule has 0 saturated heterocycles. The van der Waals surface area contributed by atoms with Crippen LogP contribution in [0.5, 0.6) is 5.75 Å². The lowest BCUT2D eigenvalue weighted by Gasteiger charge is -2.18. The summed E-state index contributed by atoms with van der Waals surface area (Å²) in [6, 6.07) is 11.7. The van der Waals surface area contributed by atoms with Gasteiger partial charge in [-0.1, -0.05) is 17.4 Å². The summed E-state index contributed by atoms with van der Waals surface area (Å²) < 4.78 is 50.1. The van der Waals surface area contributed by atoms with Crippen molar-refractivity contribution in [2.75, 3.05) is 17.8 Å². The quantitative estimate of drug-likeness (QED) is 0.333. The van der Waals surface area contributed by atoms with Crippen LogP contribution in [0.15, 0.2) is 64.1 Å². The molecule has 0 N–H and O–H groups in total. The highest BCUT2D eigenvalue weighted by Crippen LogP contribution is 2.37. The van der Waals surface area contributed by atoms with Crippen molar-refractivity contribution in [3.05, 3.63) is 71.9 Å². The van der Waals surface area contributed by atoms with Crippen LogP contribution in [0, 0.1) is 12.7 Å². The van der Waals surface area contributed by atoms with Gasteiger partial charge in [-0.2, -0.15) is 0 Å². The van der Waals surface area contributed by atoms with Gasteiger partial charge in [0.2, 0.25) is 5.91 Å². The number of fused-ring (bicyclic) bond motifs is 1. The summed E-state index contributed by atoms with van der Waals surface area (Å²) in [4.78, 5) is 19.2. The van der Waals surface area contributed by atoms with E-state index in [4.69, 9.17) is 9.15 Å². The number of nitrogens with zero attached hydrogens (tertiary/aromatic N) is 2. The SMILES string of the molecule is COc1ccc(C)c2sc(N(Cc3ccco3)C(=O)CCS(=O)(=O)c3ccc(F)cc3)nc12. The smallest absolute Gasteiger partial charge is 0.230 e. The second-order valence-electron chi connectivity index (χ2n) is 7.34. The van der Waals surface area contributed by atoms with Gasteiger partial charge in [-0.25, -0.2) is 17.8 Å². The van der Waals surface area contributed by atoms with Crippen molar-refractivity contribution in [1.82, 2.24) is 4.98 Å². The molecule has 1 amide bonds. The molecule has 4 rings (SSSR count). The first-order valence-corrected chi connectivity index (χ1v) is 12.5. The number of aromatic nitrogens is 1. The first-order chi connectivity index (χ1) is 15.8. The topological polar surface area (TPSA) is 89.7 Å². The van der Waals surface area contributed by atoms with E-state index in [1.807, 2.05) is 19.1 Å². The molecule has 0 atom stereocenters. The minimum Gasteiger partial charge on any atom is -0.494 e. The van der Waals surface area contributed by atoms with Crippen molar-refractivity contribution in [2.24, 2.45) is 0 Å². The Morgan fingerprint density at radius 1 is 1.18 bits per heavy atom. The molecule has 4 aromatic rings. The highest BCUT2D eigenvalue weighted by Gasteiger charge is 2.25. The summed E-state index contributed by atoms with van der Waals surface area (Å²) in [6.07, 6.45) is 1.23. The molecule has 2 aromatic carbocycles. The highest BCUT2D eigenvalue weighted by atomic mass is 32.2. The number of carbonyl (C=O) groups excluding carboxylic acids is 1. The number of furan rings is 1. The third kappa shape index (κ3) is 4.91. The van der Waals surface area contributed by atoms with E-state index in [1.54, 1.807) is 19.2 Å². The minimum absolute atomic E-state index is 0.0327. The Balaban J connectivity index is 1.63. The Labute approximate surface area is 194 Å². The van der Waals surface area contributed by atoms with Crippen LogP contribution < -0.4 is 9.64 Å². The number of thiazole rings is 1. The molecule has 172 valence electrons. The molecular weight excluding hydrogens is 467 g/mol. The van der Waals surface area contributed by atoms with Crippen LogP contribution in [0.3, 0.4) is 0 Å². The maximum absolute atomic E-state index is 13.2. The summed E-state index contributed by atoms with van der Waals surface area (Å²) in [5.74, 6) is -0.252. The molecule has 0 radical (unpaired) electrons. The molecule has 2 heterocycles. The Kier molecular flexibility index (Phi) is 6.48. The van der Waals surface area contributed by atoms with E-state index in [1.165, 1.54) is 34.6 Å². The van der Waals surface area contributed by atoms with Crippen LogP contribution in [-0.2, 0) is 21.2 Å². The van der Waals surface area contributed by atoms with Gasteiger partial charge in [0.15, 0.2) is 15.0 Å². The number of ether oxygens (including phenoxy) is 1. The lowest BCUT2D eigenvalue weighted by molar-refractivity contribution is -0.118. The molecule has 7 nitrogen and oxygen atoms in total. The van der Waals surface area contributed by atoms with Gasteiger partial charge in [-0.05, 0) is 55.0 Å². The number of amides is 1. The Hall–Kier alpha value is -3.24. The minimum atomic E-state index is -3.77. The van der Waals surface area contributed by atoms with Gasteiger partial charge in [-0.3, -0.25) is 9.69 Å². The van der Waals surface area contributed by atoms with Crippen molar-refractivity contribution in [1.29, 1.82) is 0 Å². The van der Waals surface area contributed by atoms with Crippen molar-refractivity contribution >= 4 is 42.4 Å². The number of aryl methyl sites for hydroxylation is 1. The van der Waals surface area contributed by atoms with Crippen LogP contribution in [0.1, 0.15) is 17.7 Å². The van der Waals surface area contributed by atoms with Crippen LogP contribution in [-0.4, -0.2) is 32.2 Å². The Morgan fingerprint density at radius 3 is 2.61 bits per heavy atom. The van der Waals surface area contributed by atoms with Gasteiger partial charge >= 0.3 is 0 Å². The van der Waals surface area contributed by atoms with Crippen molar-refractivity contribution in [2.45, 2.75) is 24.8 Å². The first kappa shape index (κ1) is 22.9. The molecule has 0 spiro atoms. The summed E-state index contributed by atoms with van der Waals surface area (Å²) >= 11 is 1.32. The second kappa shape index (κ2) is 9.32.